The molecule has 2 aromatic rings. The van der Waals surface area contributed by atoms with Crippen LogP contribution in [0, 0.1) is 0 Å². The zero-order chi connectivity index (χ0) is 13.8. The maximum atomic E-state index is 5.58. The Morgan fingerprint density at radius 1 is 1.16 bits per heavy atom. The van der Waals surface area contributed by atoms with Gasteiger partial charge in [-0.05, 0) is 24.1 Å². The Balaban J connectivity index is 2.53. The highest BCUT2D eigenvalue weighted by Gasteiger charge is 2.15. The third kappa shape index (κ3) is 2.65. The first-order valence-electron chi connectivity index (χ1n) is 6.17. The molecule has 19 heavy (non-hydrogen) atoms. The second kappa shape index (κ2) is 5.65. The van der Waals surface area contributed by atoms with Crippen LogP contribution in [0.3, 0.4) is 0 Å². The number of nitrogens with zero attached hydrogens (tertiary/aromatic N) is 1. The van der Waals surface area contributed by atoms with Gasteiger partial charge in [-0.15, -0.1) is 0 Å². The molecule has 0 bridgehead atoms. The monoisotopic (exact) mass is 262 g/mol. The van der Waals surface area contributed by atoms with Gasteiger partial charge in [-0.1, -0.05) is 18.5 Å². The van der Waals surface area contributed by atoms with E-state index in [1.165, 1.54) is 0 Å². The summed E-state index contributed by atoms with van der Waals surface area (Å²) in [4.78, 5) is 0. The van der Waals surface area contributed by atoms with Crippen LogP contribution in [-0.4, -0.2) is 19.4 Å². The van der Waals surface area contributed by atoms with Gasteiger partial charge in [-0.25, -0.2) is 0 Å². The van der Waals surface area contributed by atoms with Gasteiger partial charge in [0, 0.05) is 6.07 Å². The highest BCUT2D eigenvalue weighted by molar-refractivity contribution is 5.70. The maximum absolute atomic E-state index is 5.58. The molecule has 0 unspecified atom stereocenters. The zero-order valence-corrected chi connectivity index (χ0v) is 11.4. The summed E-state index contributed by atoms with van der Waals surface area (Å²) in [5.41, 5.74) is 7.47. The van der Waals surface area contributed by atoms with E-state index in [1.54, 1.807) is 20.3 Å². The largest absolute Gasteiger partial charge is 0.496 e. The number of nitrogens with two attached hydrogens (primary N) is 1. The third-order valence-corrected chi connectivity index (χ3v) is 2.92. The summed E-state index contributed by atoms with van der Waals surface area (Å²) in [5.74, 6) is 2.44. The molecule has 1 heterocycles. The molecule has 5 nitrogen and oxygen atoms in total. The number of benzene rings is 1. The van der Waals surface area contributed by atoms with Crippen molar-refractivity contribution in [3.63, 3.8) is 0 Å². The van der Waals surface area contributed by atoms with E-state index in [0.717, 1.165) is 35.5 Å². The molecule has 2 rings (SSSR count). The van der Waals surface area contributed by atoms with Gasteiger partial charge in [0.1, 0.15) is 11.5 Å². The maximum Gasteiger partial charge on any atom is 0.172 e. The van der Waals surface area contributed by atoms with Crippen LogP contribution in [0.25, 0.3) is 11.3 Å². The van der Waals surface area contributed by atoms with E-state index in [-0.39, 0.29) is 0 Å². The van der Waals surface area contributed by atoms with Crippen molar-refractivity contribution in [3.05, 3.63) is 23.8 Å². The van der Waals surface area contributed by atoms with Crippen LogP contribution in [0.4, 0.5) is 5.82 Å². The van der Waals surface area contributed by atoms with E-state index in [2.05, 4.69) is 12.1 Å². The summed E-state index contributed by atoms with van der Waals surface area (Å²) in [7, 11) is 3.28. The Bertz CT molecular complexity index is 564. The van der Waals surface area contributed by atoms with Crippen LogP contribution in [0.5, 0.6) is 11.5 Å². The van der Waals surface area contributed by atoms with Gasteiger partial charge in [-0.2, -0.15) is 0 Å². The first kappa shape index (κ1) is 13.3. The Hall–Kier alpha value is -2.17. The number of aromatic nitrogens is 1. The fraction of sp³-hybridized carbons (Fsp3) is 0.357. The second-order valence-electron chi connectivity index (χ2n) is 4.23. The van der Waals surface area contributed by atoms with Crippen LogP contribution >= 0.6 is 0 Å². The second-order valence-corrected chi connectivity index (χ2v) is 4.23. The molecule has 5 heteroatoms. The van der Waals surface area contributed by atoms with Crippen molar-refractivity contribution in [1.29, 1.82) is 0 Å². The van der Waals surface area contributed by atoms with Crippen LogP contribution in [-0.2, 0) is 6.42 Å². The lowest BCUT2D eigenvalue weighted by atomic mass is 10.0. The number of nitrogen functional groups attached to an aromatic ring is 1. The normalized spacial score (nSPS) is 10.5. The number of ether oxygens (including phenoxy) is 2. The van der Waals surface area contributed by atoms with E-state index in [4.69, 9.17) is 19.7 Å². The third-order valence-electron chi connectivity index (χ3n) is 2.92. The minimum absolute atomic E-state index is 0.341. The molecule has 0 saturated carbocycles. The average Bonchev–Trinajstić information content (AvgIpc) is 2.85. The lowest BCUT2D eigenvalue weighted by molar-refractivity contribution is 0.394. The zero-order valence-electron chi connectivity index (χ0n) is 11.4. The van der Waals surface area contributed by atoms with E-state index in [0.29, 0.717) is 11.6 Å². The van der Waals surface area contributed by atoms with Gasteiger partial charge in [0.2, 0.25) is 0 Å². The van der Waals surface area contributed by atoms with Crippen molar-refractivity contribution in [2.45, 2.75) is 19.8 Å². The van der Waals surface area contributed by atoms with Gasteiger partial charge in [0.25, 0.3) is 0 Å². The molecular formula is C14H18N2O3. The lowest BCUT2D eigenvalue weighted by Crippen LogP contribution is -1.96. The quantitative estimate of drug-likeness (QED) is 0.897. The SMILES string of the molecule is CCCc1cc(OC)c(-c2cc(N)no2)cc1OC. The molecule has 1 aromatic heterocycles. The first-order chi connectivity index (χ1) is 9.19. The fourth-order valence-electron chi connectivity index (χ4n) is 2.03. The van der Waals surface area contributed by atoms with Crippen LogP contribution < -0.4 is 15.2 Å². The summed E-state index contributed by atoms with van der Waals surface area (Å²) >= 11 is 0. The van der Waals surface area contributed by atoms with E-state index < -0.39 is 0 Å². The number of aryl methyl sites for hydroxylation is 1. The molecule has 2 N–H and O–H groups in total. The van der Waals surface area contributed by atoms with Gasteiger partial charge in [-0.3, -0.25) is 0 Å². The van der Waals surface area contributed by atoms with Crippen molar-refractivity contribution >= 4 is 5.82 Å². The molecule has 0 fully saturated rings. The standard InChI is InChI=1S/C14H18N2O3/c1-4-5-9-6-12(18-3)10(7-11(9)17-2)13-8-14(15)16-19-13/h6-8H,4-5H2,1-3H3,(H2,15,16). The molecule has 0 amide bonds. The number of hydrogen-bond acceptors (Lipinski definition) is 5. The lowest BCUT2D eigenvalue weighted by Gasteiger charge is -2.13. The summed E-state index contributed by atoms with van der Waals surface area (Å²) in [6.45, 7) is 2.12. The van der Waals surface area contributed by atoms with E-state index in [9.17, 15) is 0 Å². The van der Waals surface area contributed by atoms with Gasteiger partial charge in [0.15, 0.2) is 11.6 Å². The number of rotatable bonds is 5. The summed E-state index contributed by atoms with van der Waals surface area (Å²) in [6.07, 6.45) is 1.96. The minimum atomic E-state index is 0.341. The molecule has 0 saturated heterocycles. The van der Waals surface area contributed by atoms with Crippen molar-refractivity contribution in [1.82, 2.24) is 5.16 Å². The summed E-state index contributed by atoms with van der Waals surface area (Å²) < 4.78 is 16.0. The molecule has 102 valence electrons. The fourth-order valence-corrected chi connectivity index (χ4v) is 2.03. The predicted molar refractivity (Wildman–Crippen MR) is 73.5 cm³/mol. The minimum Gasteiger partial charge on any atom is -0.496 e. The Morgan fingerprint density at radius 3 is 2.42 bits per heavy atom. The molecule has 0 radical (unpaired) electrons. The predicted octanol–water partition coefficient (Wildman–Crippen LogP) is 2.89. The Morgan fingerprint density at radius 2 is 1.89 bits per heavy atom. The number of anilines is 1. The van der Waals surface area contributed by atoms with Crippen molar-refractivity contribution in [2.75, 3.05) is 20.0 Å². The molecule has 0 aliphatic heterocycles. The van der Waals surface area contributed by atoms with E-state index >= 15 is 0 Å². The van der Waals surface area contributed by atoms with Crippen LogP contribution in [0.2, 0.25) is 0 Å². The highest BCUT2D eigenvalue weighted by Crippen LogP contribution is 2.37. The molecule has 1 aromatic carbocycles. The molecule has 0 atom stereocenters. The van der Waals surface area contributed by atoms with E-state index in [1.807, 2.05) is 12.1 Å². The number of methoxy groups -OCH3 is 2. The topological polar surface area (TPSA) is 70.5 Å². The summed E-state index contributed by atoms with van der Waals surface area (Å²) in [6, 6.07) is 5.52. The van der Waals surface area contributed by atoms with Crippen molar-refractivity contribution < 1.29 is 14.0 Å². The van der Waals surface area contributed by atoms with Crippen LogP contribution in [0.1, 0.15) is 18.9 Å². The van der Waals surface area contributed by atoms with Gasteiger partial charge >= 0.3 is 0 Å². The van der Waals surface area contributed by atoms with Gasteiger partial charge in [0.05, 0.1) is 19.8 Å². The molecule has 0 aliphatic carbocycles. The first-order valence-corrected chi connectivity index (χ1v) is 6.17. The molecular weight excluding hydrogens is 244 g/mol. The Kier molecular flexibility index (Phi) is 3.94. The summed E-state index contributed by atoms with van der Waals surface area (Å²) in [5, 5.41) is 3.69. The van der Waals surface area contributed by atoms with Crippen LogP contribution in [0.15, 0.2) is 22.7 Å². The Labute approximate surface area is 112 Å². The van der Waals surface area contributed by atoms with Crippen molar-refractivity contribution in [2.24, 2.45) is 0 Å². The van der Waals surface area contributed by atoms with Crippen molar-refractivity contribution in [3.8, 4) is 22.8 Å². The molecule has 0 aliphatic rings. The smallest absolute Gasteiger partial charge is 0.172 e. The highest BCUT2D eigenvalue weighted by atomic mass is 16.5. The van der Waals surface area contributed by atoms with Gasteiger partial charge < -0.3 is 19.7 Å². The molecule has 0 spiro atoms. The number of hydrogen-bond donors (Lipinski definition) is 1. The average molecular weight is 262 g/mol.